The maximum absolute atomic E-state index is 5.64. The minimum atomic E-state index is 0.831. The third kappa shape index (κ3) is 2.33. The van der Waals surface area contributed by atoms with Crippen LogP contribution in [0, 0.1) is 6.92 Å². The molecule has 0 saturated heterocycles. The van der Waals surface area contributed by atoms with Crippen LogP contribution in [-0.4, -0.2) is 21.6 Å². The average Bonchev–Trinajstić information content (AvgIpc) is 3.04. The zero-order valence-electron chi connectivity index (χ0n) is 13.6. The van der Waals surface area contributed by atoms with Crippen LogP contribution in [0.15, 0.2) is 67.4 Å². The Balaban J connectivity index is 1.95. The molecule has 0 saturated carbocycles. The molecule has 0 bridgehead atoms. The highest BCUT2D eigenvalue weighted by Gasteiger charge is 2.12. The molecule has 0 fully saturated rings. The van der Waals surface area contributed by atoms with Gasteiger partial charge in [0.2, 0.25) is 0 Å². The molecule has 4 heteroatoms. The number of pyridine rings is 2. The van der Waals surface area contributed by atoms with Crippen molar-refractivity contribution >= 4 is 10.9 Å². The van der Waals surface area contributed by atoms with Crippen LogP contribution >= 0.6 is 0 Å². The Bertz CT molecular complexity index is 1010. The van der Waals surface area contributed by atoms with E-state index in [-0.39, 0.29) is 0 Å². The molecule has 1 aromatic carbocycles. The van der Waals surface area contributed by atoms with Gasteiger partial charge in [0.05, 0.1) is 24.5 Å². The highest BCUT2D eigenvalue weighted by molar-refractivity contribution is 5.90. The molecule has 0 radical (unpaired) electrons. The van der Waals surface area contributed by atoms with Crippen LogP contribution in [0.2, 0.25) is 0 Å². The summed E-state index contributed by atoms with van der Waals surface area (Å²) in [7, 11) is 1.70. The van der Waals surface area contributed by atoms with E-state index in [2.05, 4.69) is 45.9 Å². The van der Waals surface area contributed by atoms with E-state index in [1.807, 2.05) is 36.8 Å². The van der Waals surface area contributed by atoms with Gasteiger partial charge in [-0.1, -0.05) is 6.07 Å². The summed E-state index contributed by atoms with van der Waals surface area (Å²) in [5.74, 6) is 0.831. The molecular formula is C20H17N3O. The predicted octanol–water partition coefficient (Wildman–Crippen LogP) is 4.40. The maximum Gasteiger partial charge on any atom is 0.128 e. The van der Waals surface area contributed by atoms with Crippen molar-refractivity contribution in [1.29, 1.82) is 0 Å². The number of aryl methyl sites for hydroxylation is 1. The van der Waals surface area contributed by atoms with Crippen LogP contribution in [-0.2, 0) is 0 Å². The molecule has 0 aliphatic rings. The van der Waals surface area contributed by atoms with Crippen molar-refractivity contribution in [3.05, 3.63) is 72.9 Å². The number of aromatic nitrogens is 3. The zero-order chi connectivity index (χ0) is 16.5. The van der Waals surface area contributed by atoms with Crippen LogP contribution in [0.25, 0.3) is 27.7 Å². The molecule has 4 rings (SSSR count). The van der Waals surface area contributed by atoms with Crippen LogP contribution in [0.1, 0.15) is 5.56 Å². The van der Waals surface area contributed by atoms with Crippen molar-refractivity contribution in [2.24, 2.45) is 0 Å². The topological polar surface area (TPSA) is 39.9 Å². The molecule has 0 spiro atoms. The molecule has 0 unspecified atom stereocenters. The largest absolute Gasteiger partial charge is 0.496 e. The number of hydrogen-bond donors (Lipinski definition) is 0. The van der Waals surface area contributed by atoms with E-state index in [4.69, 9.17) is 4.74 Å². The van der Waals surface area contributed by atoms with Gasteiger partial charge in [0.1, 0.15) is 5.75 Å². The Kier molecular flexibility index (Phi) is 3.50. The monoisotopic (exact) mass is 315 g/mol. The first-order chi connectivity index (χ1) is 11.8. The summed E-state index contributed by atoms with van der Waals surface area (Å²) in [6, 6.07) is 12.3. The van der Waals surface area contributed by atoms with Gasteiger partial charge in [0, 0.05) is 47.4 Å². The SMILES string of the molecule is COc1cc2c(ccn2-c2cnccc2C)cc1-c1cccnc1. The summed E-state index contributed by atoms with van der Waals surface area (Å²) >= 11 is 0. The predicted molar refractivity (Wildman–Crippen MR) is 95.6 cm³/mol. The van der Waals surface area contributed by atoms with Gasteiger partial charge in [0.15, 0.2) is 0 Å². The lowest BCUT2D eigenvalue weighted by atomic mass is 10.0. The molecular weight excluding hydrogens is 298 g/mol. The van der Waals surface area contributed by atoms with E-state index in [1.165, 1.54) is 5.56 Å². The maximum atomic E-state index is 5.64. The lowest BCUT2D eigenvalue weighted by Crippen LogP contribution is -1.97. The summed E-state index contributed by atoms with van der Waals surface area (Å²) in [5.41, 5.74) is 5.43. The molecule has 0 atom stereocenters. The molecule has 24 heavy (non-hydrogen) atoms. The minimum Gasteiger partial charge on any atom is -0.496 e. The van der Waals surface area contributed by atoms with Gasteiger partial charge in [-0.2, -0.15) is 0 Å². The Morgan fingerprint density at radius 2 is 1.88 bits per heavy atom. The van der Waals surface area contributed by atoms with E-state index in [0.29, 0.717) is 0 Å². The lowest BCUT2D eigenvalue weighted by molar-refractivity contribution is 0.417. The molecule has 0 aliphatic carbocycles. The molecule has 4 aromatic rings. The van der Waals surface area contributed by atoms with Crippen LogP contribution < -0.4 is 4.74 Å². The first kappa shape index (κ1) is 14.5. The zero-order valence-corrected chi connectivity index (χ0v) is 13.6. The van der Waals surface area contributed by atoms with Gasteiger partial charge in [-0.3, -0.25) is 9.97 Å². The van der Waals surface area contributed by atoms with Gasteiger partial charge < -0.3 is 9.30 Å². The smallest absolute Gasteiger partial charge is 0.128 e. The number of benzene rings is 1. The highest BCUT2D eigenvalue weighted by atomic mass is 16.5. The molecule has 0 amide bonds. The number of hydrogen-bond acceptors (Lipinski definition) is 3. The van der Waals surface area contributed by atoms with E-state index in [1.54, 1.807) is 13.3 Å². The van der Waals surface area contributed by atoms with E-state index >= 15 is 0 Å². The van der Waals surface area contributed by atoms with Crippen molar-refractivity contribution in [3.63, 3.8) is 0 Å². The molecule has 3 heterocycles. The molecule has 0 N–H and O–H groups in total. The van der Waals surface area contributed by atoms with Crippen molar-refractivity contribution in [2.75, 3.05) is 7.11 Å². The number of rotatable bonds is 3. The Morgan fingerprint density at radius 3 is 2.62 bits per heavy atom. The van der Waals surface area contributed by atoms with Gasteiger partial charge in [-0.15, -0.1) is 0 Å². The fraction of sp³-hybridized carbons (Fsp3) is 0.100. The Labute approximate surface area is 140 Å². The van der Waals surface area contributed by atoms with Crippen molar-refractivity contribution < 1.29 is 4.74 Å². The first-order valence-electron chi connectivity index (χ1n) is 7.78. The van der Waals surface area contributed by atoms with E-state index < -0.39 is 0 Å². The highest BCUT2D eigenvalue weighted by Crippen LogP contribution is 2.35. The normalized spacial score (nSPS) is 10.9. The number of methoxy groups -OCH3 is 1. The quantitative estimate of drug-likeness (QED) is 0.562. The molecule has 4 nitrogen and oxygen atoms in total. The molecule has 118 valence electrons. The lowest BCUT2D eigenvalue weighted by Gasteiger charge is -2.12. The third-order valence-electron chi connectivity index (χ3n) is 4.26. The standard InChI is InChI=1S/C20H17N3O/c1-14-5-8-22-13-19(14)23-9-6-15-10-17(16-4-3-7-21-12-16)20(24-2)11-18(15)23/h3-13H,1-2H3. The summed E-state index contributed by atoms with van der Waals surface area (Å²) in [4.78, 5) is 8.47. The van der Waals surface area contributed by atoms with Crippen LogP contribution in [0.3, 0.4) is 0 Å². The first-order valence-corrected chi connectivity index (χ1v) is 7.78. The number of nitrogens with zero attached hydrogens (tertiary/aromatic N) is 3. The fourth-order valence-electron chi connectivity index (χ4n) is 3.00. The second kappa shape index (κ2) is 5.81. The second-order valence-corrected chi connectivity index (χ2v) is 5.70. The van der Waals surface area contributed by atoms with E-state index in [0.717, 1.165) is 33.5 Å². The van der Waals surface area contributed by atoms with Crippen molar-refractivity contribution in [2.45, 2.75) is 6.92 Å². The van der Waals surface area contributed by atoms with Gasteiger partial charge in [-0.05, 0) is 36.8 Å². The third-order valence-corrected chi connectivity index (χ3v) is 4.26. The van der Waals surface area contributed by atoms with Crippen molar-refractivity contribution in [3.8, 4) is 22.6 Å². The fourth-order valence-corrected chi connectivity index (χ4v) is 3.00. The Hall–Kier alpha value is -3.14. The summed E-state index contributed by atoms with van der Waals surface area (Å²) < 4.78 is 7.79. The molecule has 0 aliphatic heterocycles. The Morgan fingerprint density at radius 1 is 1.00 bits per heavy atom. The van der Waals surface area contributed by atoms with Crippen LogP contribution in [0.4, 0.5) is 0 Å². The van der Waals surface area contributed by atoms with Gasteiger partial charge in [0.25, 0.3) is 0 Å². The van der Waals surface area contributed by atoms with Gasteiger partial charge in [-0.25, -0.2) is 0 Å². The number of fused-ring (bicyclic) bond motifs is 1. The number of ether oxygens (including phenoxy) is 1. The summed E-state index contributed by atoms with van der Waals surface area (Å²) in [5, 5.41) is 1.15. The minimum absolute atomic E-state index is 0.831. The van der Waals surface area contributed by atoms with Crippen molar-refractivity contribution in [1.82, 2.24) is 14.5 Å². The summed E-state index contributed by atoms with van der Waals surface area (Å²) in [6.07, 6.45) is 9.39. The average molecular weight is 315 g/mol. The van der Waals surface area contributed by atoms with Gasteiger partial charge >= 0.3 is 0 Å². The summed E-state index contributed by atoms with van der Waals surface area (Å²) in [6.45, 7) is 2.09. The van der Waals surface area contributed by atoms with E-state index in [9.17, 15) is 0 Å². The second-order valence-electron chi connectivity index (χ2n) is 5.70. The van der Waals surface area contributed by atoms with Crippen LogP contribution in [0.5, 0.6) is 5.75 Å². The molecule has 3 aromatic heterocycles.